The minimum absolute atomic E-state index is 0.0182. The summed E-state index contributed by atoms with van der Waals surface area (Å²) in [5.41, 5.74) is -0.594. The largest absolute Gasteiger partial charge is 0.426 e. The first kappa shape index (κ1) is 22.5. The van der Waals surface area contributed by atoms with Crippen molar-refractivity contribution in [3.63, 3.8) is 0 Å². The van der Waals surface area contributed by atoms with Crippen molar-refractivity contribution in [1.29, 1.82) is 0 Å². The Labute approximate surface area is 158 Å². The fourth-order valence-corrected chi connectivity index (χ4v) is 3.03. The molecule has 1 aromatic heterocycles. The number of hydrogen-bond donors (Lipinski definition) is 0. The Hall–Kier alpha value is -1.58. The van der Waals surface area contributed by atoms with Crippen LogP contribution in [0.25, 0.3) is 0 Å². The molecule has 148 valence electrons. The third-order valence-corrected chi connectivity index (χ3v) is 4.63. The van der Waals surface area contributed by atoms with E-state index in [4.69, 9.17) is 9.15 Å². The minimum atomic E-state index is -0.594. The summed E-state index contributed by atoms with van der Waals surface area (Å²) < 4.78 is 9.96. The zero-order valence-electron chi connectivity index (χ0n) is 16.7. The summed E-state index contributed by atoms with van der Waals surface area (Å²) in [6.07, 6.45) is 16.9. The van der Waals surface area contributed by atoms with Gasteiger partial charge in [-0.15, -0.1) is 0 Å². The Morgan fingerprint density at radius 3 is 1.85 bits per heavy atom. The van der Waals surface area contributed by atoms with Crippen LogP contribution in [0.4, 0.5) is 0 Å². The van der Waals surface area contributed by atoms with Crippen LogP contribution in [-0.4, -0.2) is 5.97 Å². The number of carbonyl (C=O) groups is 1. The van der Waals surface area contributed by atoms with Crippen LogP contribution in [0.15, 0.2) is 21.3 Å². The van der Waals surface area contributed by atoms with E-state index in [0.29, 0.717) is 12.2 Å². The second-order valence-electron chi connectivity index (χ2n) is 7.16. The molecule has 0 unspecified atom stereocenters. The van der Waals surface area contributed by atoms with E-state index >= 15 is 0 Å². The van der Waals surface area contributed by atoms with Gasteiger partial charge in [0.15, 0.2) is 0 Å². The van der Waals surface area contributed by atoms with Crippen LogP contribution in [0.5, 0.6) is 5.75 Å². The van der Waals surface area contributed by atoms with Crippen molar-refractivity contribution < 1.29 is 13.9 Å². The summed E-state index contributed by atoms with van der Waals surface area (Å²) in [7, 11) is 0. The molecule has 0 fully saturated rings. The van der Waals surface area contributed by atoms with E-state index in [0.717, 1.165) is 19.3 Å². The van der Waals surface area contributed by atoms with Crippen molar-refractivity contribution in [2.24, 2.45) is 0 Å². The second-order valence-corrected chi connectivity index (χ2v) is 7.16. The molecule has 1 aromatic rings. The number of hydrogen-bond acceptors (Lipinski definition) is 4. The molecule has 0 saturated heterocycles. The molecule has 4 nitrogen and oxygen atoms in total. The highest BCUT2D eigenvalue weighted by Gasteiger charge is 2.09. The zero-order chi connectivity index (χ0) is 19.0. The fraction of sp³-hybridized carbons (Fsp3) is 0.727. The number of ether oxygens (including phenoxy) is 1. The van der Waals surface area contributed by atoms with E-state index < -0.39 is 5.63 Å². The van der Waals surface area contributed by atoms with Crippen molar-refractivity contribution >= 4 is 5.97 Å². The molecule has 1 rings (SSSR count). The van der Waals surface area contributed by atoms with Gasteiger partial charge in [0, 0.05) is 6.42 Å². The third-order valence-electron chi connectivity index (χ3n) is 4.63. The van der Waals surface area contributed by atoms with Crippen LogP contribution in [0.3, 0.4) is 0 Å². The first-order chi connectivity index (χ1) is 12.6. The molecule has 0 bridgehead atoms. The third kappa shape index (κ3) is 11.1. The molecule has 0 N–H and O–H groups in total. The van der Waals surface area contributed by atoms with Crippen molar-refractivity contribution in [3.05, 3.63) is 28.3 Å². The summed E-state index contributed by atoms with van der Waals surface area (Å²) in [6, 6.07) is 3.11. The molecule has 0 amide bonds. The first-order valence-corrected chi connectivity index (χ1v) is 10.4. The Kier molecular flexibility index (Phi) is 12.6. The number of unbranched alkanes of at least 4 members (excludes halogenated alkanes) is 12. The van der Waals surface area contributed by atoms with E-state index in [1.54, 1.807) is 13.0 Å². The molecule has 0 aliphatic heterocycles. The quantitative estimate of drug-likeness (QED) is 0.269. The topological polar surface area (TPSA) is 56.5 Å². The minimum Gasteiger partial charge on any atom is -0.426 e. The smallest absolute Gasteiger partial charge is 0.379 e. The van der Waals surface area contributed by atoms with E-state index in [1.807, 2.05) is 0 Å². The van der Waals surface area contributed by atoms with Gasteiger partial charge in [-0.3, -0.25) is 4.79 Å². The van der Waals surface area contributed by atoms with Gasteiger partial charge in [0.2, 0.25) is 5.75 Å². The maximum absolute atomic E-state index is 11.7. The van der Waals surface area contributed by atoms with Gasteiger partial charge in [0.05, 0.1) is 0 Å². The molecule has 4 heteroatoms. The van der Waals surface area contributed by atoms with Crippen LogP contribution in [0.2, 0.25) is 0 Å². The lowest BCUT2D eigenvalue weighted by atomic mass is 10.0. The van der Waals surface area contributed by atoms with Gasteiger partial charge in [-0.25, -0.2) is 4.79 Å². The number of aryl methyl sites for hydroxylation is 1. The van der Waals surface area contributed by atoms with Crippen molar-refractivity contribution in [2.45, 2.75) is 104 Å². The maximum atomic E-state index is 11.7. The summed E-state index contributed by atoms with van der Waals surface area (Å²) in [5, 5.41) is 0. The number of rotatable bonds is 15. The van der Waals surface area contributed by atoms with Gasteiger partial charge in [-0.05, 0) is 25.5 Å². The van der Waals surface area contributed by atoms with Gasteiger partial charge < -0.3 is 9.15 Å². The Morgan fingerprint density at radius 2 is 1.35 bits per heavy atom. The zero-order valence-corrected chi connectivity index (χ0v) is 16.7. The summed E-state index contributed by atoms with van der Waals surface area (Å²) in [6.45, 7) is 3.94. The van der Waals surface area contributed by atoms with Gasteiger partial charge in [-0.2, -0.15) is 0 Å². The van der Waals surface area contributed by atoms with Crippen LogP contribution in [-0.2, 0) is 4.79 Å². The van der Waals surface area contributed by atoms with E-state index in [-0.39, 0.29) is 11.7 Å². The highest BCUT2D eigenvalue weighted by atomic mass is 16.5. The Bertz CT molecular complexity index is 547. The molecule has 0 radical (unpaired) electrons. The van der Waals surface area contributed by atoms with Gasteiger partial charge in [0.25, 0.3) is 0 Å². The molecular formula is C22H36O4. The fourth-order valence-electron chi connectivity index (χ4n) is 3.03. The van der Waals surface area contributed by atoms with Crippen molar-refractivity contribution in [3.8, 4) is 5.75 Å². The average Bonchev–Trinajstić information content (AvgIpc) is 2.61. The lowest BCUT2D eigenvalue weighted by Crippen LogP contribution is -2.14. The standard InChI is InChI=1S/C22H36O4/c1-3-4-5-6-7-8-9-10-11-12-13-14-15-16-21(23)26-20-18-17-19(2)25-22(20)24/h17-18H,3-16H2,1-2H3. The molecule has 26 heavy (non-hydrogen) atoms. The molecule has 0 atom stereocenters. The van der Waals surface area contributed by atoms with Crippen LogP contribution in [0, 0.1) is 6.92 Å². The molecule has 0 aliphatic rings. The summed E-state index contributed by atoms with van der Waals surface area (Å²) in [4.78, 5) is 23.3. The molecule has 0 saturated carbocycles. The van der Waals surface area contributed by atoms with Gasteiger partial charge >= 0.3 is 11.6 Å². The first-order valence-electron chi connectivity index (χ1n) is 10.4. The number of esters is 1. The maximum Gasteiger partial charge on any atom is 0.379 e. The lowest BCUT2D eigenvalue weighted by Gasteiger charge is -2.04. The van der Waals surface area contributed by atoms with E-state index in [1.165, 1.54) is 70.3 Å². The highest BCUT2D eigenvalue weighted by molar-refractivity contribution is 5.72. The predicted molar refractivity (Wildman–Crippen MR) is 106 cm³/mol. The van der Waals surface area contributed by atoms with Crippen LogP contribution < -0.4 is 10.4 Å². The Morgan fingerprint density at radius 1 is 0.846 bits per heavy atom. The van der Waals surface area contributed by atoms with E-state index in [9.17, 15) is 9.59 Å². The number of carbonyl (C=O) groups excluding carboxylic acids is 1. The molecule has 1 heterocycles. The predicted octanol–water partition coefficient (Wildman–Crippen LogP) is 6.33. The van der Waals surface area contributed by atoms with Crippen molar-refractivity contribution in [1.82, 2.24) is 0 Å². The lowest BCUT2D eigenvalue weighted by molar-refractivity contribution is -0.134. The molecule has 0 spiro atoms. The Balaban J connectivity index is 1.92. The normalized spacial score (nSPS) is 10.8. The summed E-state index contributed by atoms with van der Waals surface area (Å²) >= 11 is 0. The molecule has 0 aromatic carbocycles. The molecule has 0 aliphatic carbocycles. The average molecular weight is 365 g/mol. The summed E-state index contributed by atoms with van der Waals surface area (Å²) in [5.74, 6) is 0.130. The van der Waals surface area contributed by atoms with Gasteiger partial charge in [0.1, 0.15) is 5.76 Å². The van der Waals surface area contributed by atoms with E-state index in [2.05, 4.69) is 6.92 Å². The van der Waals surface area contributed by atoms with Crippen LogP contribution >= 0.6 is 0 Å². The van der Waals surface area contributed by atoms with Crippen molar-refractivity contribution in [2.75, 3.05) is 0 Å². The SMILES string of the molecule is CCCCCCCCCCCCCCCC(=O)Oc1ccc(C)oc1=O. The molecular weight excluding hydrogens is 328 g/mol. The second kappa shape index (κ2) is 14.6. The highest BCUT2D eigenvalue weighted by Crippen LogP contribution is 2.13. The van der Waals surface area contributed by atoms with Gasteiger partial charge in [-0.1, -0.05) is 84.0 Å². The monoisotopic (exact) mass is 364 g/mol. The van der Waals surface area contributed by atoms with Crippen LogP contribution in [0.1, 0.15) is 103 Å².